The number of aromatic nitrogens is 1. The molecule has 3 rings (SSSR count). The fourth-order valence-electron chi connectivity index (χ4n) is 3.46. The molecular formula is C14H22N2OS. The minimum atomic E-state index is -0.103. The van der Waals surface area contributed by atoms with E-state index in [4.69, 9.17) is 0 Å². The van der Waals surface area contributed by atoms with Gasteiger partial charge < -0.3 is 5.11 Å². The maximum atomic E-state index is 10.2. The molecule has 1 aliphatic carbocycles. The van der Waals surface area contributed by atoms with Crippen LogP contribution in [0.15, 0.2) is 11.6 Å². The summed E-state index contributed by atoms with van der Waals surface area (Å²) in [4.78, 5) is 7.00. The highest BCUT2D eigenvalue weighted by Gasteiger charge is 2.32. The van der Waals surface area contributed by atoms with Crippen LogP contribution in [0.5, 0.6) is 0 Å². The van der Waals surface area contributed by atoms with Crippen LogP contribution in [-0.4, -0.2) is 40.2 Å². The Morgan fingerprint density at radius 3 is 2.89 bits per heavy atom. The number of piperidine rings is 1. The quantitative estimate of drug-likeness (QED) is 0.894. The molecule has 2 heterocycles. The fourth-order valence-corrected chi connectivity index (χ4v) is 4.23. The first kappa shape index (κ1) is 12.6. The van der Waals surface area contributed by atoms with Crippen molar-refractivity contribution in [2.45, 2.75) is 56.6 Å². The first-order valence-electron chi connectivity index (χ1n) is 7.16. The predicted molar refractivity (Wildman–Crippen MR) is 73.9 cm³/mol. The second-order valence-electron chi connectivity index (χ2n) is 5.62. The predicted octanol–water partition coefficient (Wildman–Crippen LogP) is 2.63. The number of nitrogens with zero attached hydrogens (tertiary/aromatic N) is 2. The third-order valence-corrected chi connectivity index (χ3v) is 5.35. The van der Waals surface area contributed by atoms with Gasteiger partial charge in [-0.1, -0.05) is 12.8 Å². The van der Waals surface area contributed by atoms with E-state index in [9.17, 15) is 5.11 Å². The van der Waals surface area contributed by atoms with E-state index in [0.717, 1.165) is 19.5 Å². The zero-order valence-electron chi connectivity index (χ0n) is 10.8. The van der Waals surface area contributed by atoms with Gasteiger partial charge in [0.2, 0.25) is 0 Å². The molecule has 1 saturated heterocycles. The molecule has 3 atom stereocenters. The van der Waals surface area contributed by atoms with Crippen LogP contribution in [0.3, 0.4) is 0 Å². The molecule has 3 unspecified atom stereocenters. The van der Waals surface area contributed by atoms with E-state index in [2.05, 4.69) is 15.3 Å². The zero-order chi connectivity index (χ0) is 12.4. The van der Waals surface area contributed by atoms with Gasteiger partial charge in [0.25, 0.3) is 0 Å². The van der Waals surface area contributed by atoms with E-state index < -0.39 is 0 Å². The van der Waals surface area contributed by atoms with Crippen LogP contribution in [-0.2, 0) is 0 Å². The molecule has 0 bridgehead atoms. The second-order valence-corrected chi connectivity index (χ2v) is 6.55. The van der Waals surface area contributed by atoms with Gasteiger partial charge in [-0.25, -0.2) is 4.98 Å². The van der Waals surface area contributed by atoms with Crippen LogP contribution >= 0.6 is 11.3 Å². The minimum Gasteiger partial charge on any atom is -0.391 e. The fraction of sp³-hybridized carbons (Fsp3) is 0.786. The summed E-state index contributed by atoms with van der Waals surface area (Å²) in [6.45, 7) is 2.25. The molecule has 2 fully saturated rings. The zero-order valence-corrected chi connectivity index (χ0v) is 11.6. The molecule has 1 saturated carbocycles. The number of aliphatic hydroxyl groups is 1. The van der Waals surface area contributed by atoms with Gasteiger partial charge in [0.15, 0.2) is 0 Å². The first-order chi connectivity index (χ1) is 8.84. The van der Waals surface area contributed by atoms with Gasteiger partial charge in [-0.05, 0) is 32.2 Å². The SMILES string of the molecule is OC1CCCCC1N1CCCC(c2nccs2)C1. The van der Waals surface area contributed by atoms with Crippen molar-refractivity contribution in [3.63, 3.8) is 0 Å². The van der Waals surface area contributed by atoms with Crippen LogP contribution < -0.4 is 0 Å². The number of likely N-dealkylation sites (tertiary alicyclic amines) is 1. The standard InChI is InChI=1S/C14H22N2OS/c17-13-6-2-1-5-12(13)16-8-3-4-11(10-16)14-15-7-9-18-14/h7,9,11-13,17H,1-6,8,10H2. The molecule has 0 spiro atoms. The lowest BCUT2D eigenvalue weighted by molar-refractivity contribution is 0.00729. The van der Waals surface area contributed by atoms with Crippen LogP contribution in [0.25, 0.3) is 0 Å². The lowest BCUT2D eigenvalue weighted by Gasteiger charge is -2.41. The lowest BCUT2D eigenvalue weighted by Crippen LogP contribution is -2.49. The Morgan fingerprint density at radius 2 is 2.11 bits per heavy atom. The molecule has 1 aromatic rings. The molecule has 0 radical (unpaired) electrons. The normalized spacial score (nSPS) is 34.6. The molecular weight excluding hydrogens is 244 g/mol. The lowest BCUT2D eigenvalue weighted by atomic mass is 9.88. The second kappa shape index (κ2) is 5.68. The van der Waals surface area contributed by atoms with Crippen molar-refractivity contribution in [1.29, 1.82) is 0 Å². The van der Waals surface area contributed by atoms with Crippen molar-refractivity contribution in [2.75, 3.05) is 13.1 Å². The van der Waals surface area contributed by atoms with E-state index in [1.54, 1.807) is 11.3 Å². The van der Waals surface area contributed by atoms with Gasteiger partial charge >= 0.3 is 0 Å². The summed E-state index contributed by atoms with van der Waals surface area (Å²) in [5, 5.41) is 13.5. The van der Waals surface area contributed by atoms with Gasteiger partial charge in [0.05, 0.1) is 11.1 Å². The number of thiazole rings is 1. The highest BCUT2D eigenvalue weighted by Crippen LogP contribution is 2.32. The molecule has 1 aliphatic heterocycles. The summed E-state index contributed by atoms with van der Waals surface area (Å²) in [5.74, 6) is 0.591. The minimum absolute atomic E-state index is 0.103. The highest BCUT2D eigenvalue weighted by atomic mass is 32.1. The molecule has 4 heteroatoms. The average molecular weight is 266 g/mol. The van der Waals surface area contributed by atoms with Gasteiger partial charge in [0.1, 0.15) is 0 Å². The summed E-state index contributed by atoms with van der Waals surface area (Å²) in [5.41, 5.74) is 0. The van der Waals surface area contributed by atoms with Crippen LogP contribution in [0.2, 0.25) is 0 Å². The summed E-state index contributed by atoms with van der Waals surface area (Å²) in [6, 6.07) is 0.404. The van der Waals surface area contributed by atoms with Gasteiger partial charge in [-0.3, -0.25) is 4.90 Å². The number of rotatable bonds is 2. The Morgan fingerprint density at radius 1 is 1.22 bits per heavy atom. The summed E-state index contributed by atoms with van der Waals surface area (Å²) in [6.07, 6.45) is 8.94. The molecule has 1 N–H and O–H groups in total. The Balaban J connectivity index is 1.66. The topological polar surface area (TPSA) is 36.4 Å². The summed E-state index contributed by atoms with van der Waals surface area (Å²) >= 11 is 1.78. The van der Waals surface area contributed by atoms with E-state index in [-0.39, 0.29) is 6.10 Å². The average Bonchev–Trinajstić information content (AvgIpc) is 2.93. The van der Waals surface area contributed by atoms with Gasteiger partial charge in [0, 0.05) is 30.1 Å². The monoisotopic (exact) mass is 266 g/mol. The van der Waals surface area contributed by atoms with E-state index >= 15 is 0 Å². The van der Waals surface area contributed by atoms with E-state index in [0.29, 0.717) is 12.0 Å². The van der Waals surface area contributed by atoms with Crippen LogP contribution in [0, 0.1) is 0 Å². The summed E-state index contributed by atoms with van der Waals surface area (Å²) in [7, 11) is 0. The van der Waals surface area contributed by atoms with Crippen molar-refractivity contribution in [2.24, 2.45) is 0 Å². The molecule has 18 heavy (non-hydrogen) atoms. The van der Waals surface area contributed by atoms with Gasteiger partial charge in [-0.2, -0.15) is 0 Å². The molecule has 100 valence electrons. The highest BCUT2D eigenvalue weighted by molar-refractivity contribution is 7.09. The van der Waals surface area contributed by atoms with Crippen LogP contribution in [0.1, 0.15) is 49.5 Å². The molecule has 0 aromatic carbocycles. The van der Waals surface area contributed by atoms with Crippen molar-refractivity contribution >= 4 is 11.3 Å². The molecule has 1 aromatic heterocycles. The largest absolute Gasteiger partial charge is 0.391 e. The smallest absolute Gasteiger partial charge is 0.0968 e. The van der Waals surface area contributed by atoms with E-state index in [1.807, 2.05) is 6.20 Å². The number of hydrogen-bond donors (Lipinski definition) is 1. The maximum Gasteiger partial charge on any atom is 0.0968 e. The number of hydrogen-bond acceptors (Lipinski definition) is 4. The van der Waals surface area contributed by atoms with Gasteiger partial charge in [-0.15, -0.1) is 11.3 Å². The Kier molecular flexibility index (Phi) is 3.97. The Hall–Kier alpha value is -0.450. The molecule has 3 nitrogen and oxygen atoms in total. The molecule has 2 aliphatic rings. The van der Waals surface area contributed by atoms with Crippen molar-refractivity contribution < 1.29 is 5.11 Å². The Labute approximate surface area is 113 Å². The maximum absolute atomic E-state index is 10.2. The number of aliphatic hydroxyl groups excluding tert-OH is 1. The summed E-state index contributed by atoms with van der Waals surface area (Å²) < 4.78 is 0. The van der Waals surface area contributed by atoms with Crippen molar-refractivity contribution in [3.8, 4) is 0 Å². The van der Waals surface area contributed by atoms with Crippen LogP contribution in [0.4, 0.5) is 0 Å². The third-order valence-electron chi connectivity index (χ3n) is 4.42. The van der Waals surface area contributed by atoms with E-state index in [1.165, 1.54) is 37.1 Å². The van der Waals surface area contributed by atoms with Crippen molar-refractivity contribution in [3.05, 3.63) is 16.6 Å². The third kappa shape index (κ3) is 2.60. The molecule has 0 amide bonds. The first-order valence-corrected chi connectivity index (χ1v) is 8.04. The Bertz CT molecular complexity index is 368. The van der Waals surface area contributed by atoms with Crippen molar-refractivity contribution in [1.82, 2.24) is 9.88 Å².